The number of rotatable bonds is 9. The predicted octanol–water partition coefficient (Wildman–Crippen LogP) is 2.55. The summed E-state index contributed by atoms with van der Waals surface area (Å²) in [5.41, 5.74) is -0.492. The number of H-pyrrole nitrogens is 1. The van der Waals surface area contributed by atoms with E-state index in [1.165, 1.54) is 37.1 Å². The summed E-state index contributed by atoms with van der Waals surface area (Å²) >= 11 is 0. The van der Waals surface area contributed by atoms with Crippen LogP contribution in [-0.2, 0) is 16.6 Å². The minimum Gasteiger partial charge on any atom is -0.493 e. The molecule has 1 saturated carbocycles. The van der Waals surface area contributed by atoms with E-state index in [0.29, 0.717) is 23.8 Å². The van der Waals surface area contributed by atoms with E-state index in [-0.39, 0.29) is 11.4 Å². The average Bonchev–Trinajstić information content (AvgIpc) is 3.61. The Morgan fingerprint density at radius 3 is 2.61 bits per heavy atom. The Labute approximate surface area is 190 Å². The number of aromatic amines is 1. The fraction of sp³-hybridized carbons (Fsp3) is 0.304. The molecule has 2 N–H and O–H groups in total. The Bertz CT molecular complexity index is 1360. The topological polar surface area (TPSA) is 110 Å². The van der Waals surface area contributed by atoms with Gasteiger partial charge in [0.1, 0.15) is 5.75 Å². The monoisotopic (exact) mass is 473 g/mol. The van der Waals surface area contributed by atoms with Crippen LogP contribution in [0.15, 0.2) is 69.2 Å². The molecule has 3 aromatic rings. The molecule has 1 atom stereocenters. The van der Waals surface area contributed by atoms with E-state index in [2.05, 4.69) is 4.72 Å². The van der Waals surface area contributed by atoms with Gasteiger partial charge in [-0.15, -0.1) is 0 Å². The molecule has 1 aromatic heterocycles. The number of nitrogens with one attached hydrogen (secondary N) is 2. The SMILES string of the molecule is C[C@@H](NS(=O)(=O)c1ccc(Cn2cc(F)c(=O)[nH]c2=O)cc1)c1cccc(OCC2CC2)c1. The summed E-state index contributed by atoms with van der Waals surface area (Å²) in [5, 5.41) is 0. The molecule has 2 aromatic carbocycles. The number of aromatic nitrogens is 2. The number of benzene rings is 2. The first-order chi connectivity index (χ1) is 15.7. The third-order valence-electron chi connectivity index (χ3n) is 5.43. The third kappa shape index (κ3) is 5.77. The fourth-order valence-electron chi connectivity index (χ4n) is 3.31. The summed E-state index contributed by atoms with van der Waals surface area (Å²) < 4.78 is 48.6. The maximum atomic E-state index is 13.5. The highest BCUT2D eigenvalue weighted by atomic mass is 32.2. The third-order valence-corrected chi connectivity index (χ3v) is 6.98. The Kier molecular flexibility index (Phi) is 6.48. The average molecular weight is 474 g/mol. The van der Waals surface area contributed by atoms with Gasteiger partial charge in [0.15, 0.2) is 0 Å². The van der Waals surface area contributed by atoms with Crippen LogP contribution in [0.2, 0.25) is 0 Å². The van der Waals surface area contributed by atoms with E-state index >= 15 is 0 Å². The molecule has 174 valence electrons. The molecule has 8 nitrogen and oxygen atoms in total. The maximum absolute atomic E-state index is 13.5. The molecule has 0 unspecified atom stereocenters. The zero-order valence-electron chi connectivity index (χ0n) is 18.0. The van der Waals surface area contributed by atoms with E-state index in [0.717, 1.165) is 16.3 Å². The first-order valence-corrected chi connectivity index (χ1v) is 12.0. The van der Waals surface area contributed by atoms with Crippen molar-refractivity contribution in [1.29, 1.82) is 0 Å². The second kappa shape index (κ2) is 9.32. The summed E-state index contributed by atoms with van der Waals surface area (Å²) in [5.74, 6) is 0.257. The van der Waals surface area contributed by atoms with Gasteiger partial charge in [-0.1, -0.05) is 24.3 Å². The number of hydrogen-bond acceptors (Lipinski definition) is 5. The highest BCUT2D eigenvalue weighted by molar-refractivity contribution is 7.89. The lowest BCUT2D eigenvalue weighted by atomic mass is 10.1. The molecule has 33 heavy (non-hydrogen) atoms. The van der Waals surface area contributed by atoms with Crippen LogP contribution in [0.5, 0.6) is 5.75 Å². The molecular weight excluding hydrogens is 449 g/mol. The van der Waals surface area contributed by atoms with Crippen molar-refractivity contribution in [2.24, 2.45) is 5.92 Å². The number of nitrogens with zero attached hydrogens (tertiary/aromatic N) is 1. The van der Waals surface area contributed by atoms with Gasteiger partial charge in [-0.25, -0.2) is 17.9 Å². The molecule has 1 aliphatic rings. The van der Waals surface area contributed by atoms with Gasteiger partial charge < -0.3 is 4.74 Å². The second-order valence-corrected chi connectivity index (χ2v) is 9.89. The lowest BCUT2D eigenvalue weighted by Gasteiger charge is -2.16. The van der Waals surface area contributed by atoms with Crippen LogP contribution in [0.4, 0.5) is 4.39 Å². The maximum Gasteiger partial charge on any atom is 0.328 e. The van der Waals surface area contributed by atoms with Crippen molar-refractivity contribution < 1.29 is 17.5 Å². The van der Waals surface area contributed by atoms with E-state index in [1.54, 1.807) is 6.92 Å². The Morgan fingerprint density at radius 2 is 1.91 bits per heavy atom. The predicted molar refractivity (Wildman–Crippen MR) is 120 cm³/mol. The Morgan fingerprint density at radius 1 is 1.18 bits per heavy atom. The van der Waals surface area contributed by atoms with Crippen molar-refractivity contribution in [3.8, 4) is 5.75 Å². The van der Waals surface area contributed by atoms with Gasteiger partial charge in [0.25, 0.3) is 5.56 Å². The van der Waals surface area contributed by atoms with E-state index in [9.17, 15) is 22.4 Å². The first-order valence-electron chi connectivity index (χ1n) is 10.5. The lowest BCUT2D eigenvalue weighted by molar-refractivity contribution is 0.299. The summed E-state index contributed by atoms with van der Waals surface area (Å²) in [6, 6.07) is 12.7. The second-order valence-electron chi connectivity index (χ2n) is 8.18. The van der Waals surface area contributed by atoms with Crippen LogP contribution in [0.3, 0.4) is 0 Å². The molecule has 0 saturated heterocycles. The van der Waals surface area contributed by atoms with Crippen LogP contribution in [0.25, 0.3) is 0 Å². The van der Waals surface area contributed by atoms with Crippen molar-refractivity contribution in [1.82, 2.24) is 14.3 Å². The molecule has 0 bridgehead atoms. The largest absolute Gasteiger partial charge is 0.493 e. The van der Waals surface area contributed by atoms with Crippen molar-refractivity contribution in [3.05, 3.63) is 92.5 Å². The van der Waals surface area contributed by atoms with Crippen molar-refractivity contribution in [3.63, 3.8) is 0 Å². The van der Waals surface area contributed by atoms with Gasteiger partial charge in [-0.05, 0) is 61.1 Å². The molecule has 0 aliphatic heterocycles. The van der Waals surface area contributed by atoms with Crippen molar-refractivity contribution in [2.45, 2.75) is 37.2 Å². The van der Waals surface area contributed by atoms with Crippen LogP contribution < -0.4 is 20.7 Å². The summed E-state index contributed by atoms with van der Waals surface area (Å²) in [6.45, 7) is 2.40. The van der Waals surface area contributed by atoms with Crippen LogP contribution in [0.1, 0.15) is 36.9 Å². The molecule has 10 heteroatoms. The minimum absolute atomic E-state index is 0.0235. The van der Waals surface area contributed by atoms with Gasteiger partial charge in [0.05, 0.1) is 24.2 Å². The summed E-state index contributed by atoms with van der Waals surface area (Å²) in [6.07, 6.45) is 3.19. The Balaban J connectivity index is 1.44. The van der Waals surface area contributed by atoms with Crippen LogP contribution in [-0.4, -0.2) is 24.6 Å². The normalized spacial score (nSPS) is 14.7. The quantitative estimate of drug-likeness (QED) is 0.496. The molecular formula is C23H24FN3O5S. The molecule has 1 aliphatic carbocycles. The zero-order valence-corrected chi connectivity index (χ0v) is 18.8. The number of ether oxygens (including phenoxy) is 1. The number of hydrogen-bond donors (Lipinski definition) is 2. The van der Waals surface area contributed by atoms with Gasteiger partial charge >= 0.3 is 5.69 Å². The molecule has 1 fully saturated rings. The van der Waals surface area contributed by atoms with E-state index in [4.69, 9.17) is 4.74 Å². The number of sulfonamides is 1. The van der Waals surface area contributed by atoms with Crippen molar-refractivity contribution in [2.75, 3.05) is 6.61 Å². The van der Waals surface area contributed by atoms with Crippen LogP contribution in [0, 0.1) is 11.7 Å². The molecule has 1 heterocycles. The molecule has 4 rings (SSSR count). The highest BCUT2D eigenvalue weighted by Gasteiger charge is 2.22. The van der Waals surface area contributed by atoms with Gasteiger partial charge in [-0.3, -0.25) is 14.3 Å². The smallest absolute Gasteiger partial charge is 0.328 e. The summed E-state index contributed by atoms with van der Waals surface area (Å²) in [7, 11) is -3.81. The lowest BCUT2D eigenvalue weighted by Crippen LogP contribution is -2.31. The van der Waals surface area contributed by atoms with Crippen LogP contribution >= 0.6 is 0 Å². The minimum atomic E-state index is -3.81. The van der Waals surface area contributed by atoms with E-state index in [1.807, 2.05) is 29.2 Å². The van der Waals surface area contributed by atoms with Gasteiger partial charge in [0, 0.05) is 6.04 Å². The fourth-order valence-corrected chi connectivity index (χ4v) is 4.54. The standard InChI is InChI=1S/C23H24FN3O5S/c1-15(18-3-2-4-19(11-18)32-14-17-5-6-17)26-33(30,31)20-9-7-16(8-10-20)12-27-13-21(24)22(28)25-23(27)29/h2-4,7-11,13,15,17,26H,5-6,12,14H2,1H3,(H,25,28,29)/t15-/m1/s1. The van der Waals surface area contributed by atoms with Gasteiger partial charge in [0.2, 0.25) is 15.8 Å². The zero-order chi connectivity index (χ0) is 23.6. The molecule has 0 spiro atoms. The first kappa shape index (κ1) is 22.9. The van der Waals surface area contributed by atoms with E-state index < -0.39 is 33.1 Å². The van der Waals surface area contributed by atoms with Crippen molar-refractivity contribution >= 4 is 10.0 Å². The molecule has 0 amide bonds. The Hall–Kier alpha value is -3.24. The molecule has 0 radical (unpaired) electrons. The summed E-state index contributed by atoms with van der Waals surface area (Å²) in [4.78, 5) is 24.9. The van der Waals surface area contributed by atoms with Gasteiger partial charge in [-0.2, -0.15) is 4.39 Å². The highest BCUT2D eigenvalue weighted by Crippen LogP contribution is 2.30. The number of halogens is 1.